The molecule has 0 bridgehead atoms. The van der Waals surface area contributed by atoms with Gasteiger partial charge in [0, 0.05) is 12.6 Å². The standard InChI is InChI=1S/C18H28N2O4S/c1-18(2,14-8-10-15(24-3)11-9-14)17(21)19-12-13-6-5-7-16(13)20-25(4,22)23/h8-11,13,16,20H,5-7,12H2,1-4H3,(H,19,21). The fraction of sp³-hybridized carbons (Fsp3) is 0.611. The van der Waals surface area contributed by atoms with E-state index in [9.17, 15) is 13.2 Å². The largest absolute Gasteiger partial charge is 0.497 e. The molecule has 0 aromatic heterocycles. The maximum Gasteiger partial charge on any atom is 0.230 e. The van der Waals surface area contributed by atoms with Gasteiger partial charge in [-0.1, -0.05) is 18.6 Å². The molecule has 1 aliphatic rings. The van der Waals surface area contributed by atoms with E-state index in [0.717, 1.165) is 30.6 Å². The first-order valence-corrected chi connectivity index (χ1v) is 10.4. The fourth-order valence-electron chi connectivity index (χ4n) is 3.29. The Balaban J connectivity index is 1.98. The van der Waals surface area contributed by atoms with E-state index in [-0.39, 0.29) is 17.9 Å². The summed E-state index contributed by atoms with van der Waals surface area (Å²) in [6.07, 6.45) is 3.87. The number of sulfonamides is 1. The molecule has 2 unspecified atom stereocenters. The Labute approximate surface area is 150 Å². The Morgan fingerprint density at radius 2 is 1.88 bits per heavy atom. The summed E-state index contributed by atoms with van der Waals surface area (Å²) in [5, 5.41) is 3.00. The van der Waals surface area contributed by atoms with Crippen LogP contribution < -0.4 is 14.8 Å². The average Bonchev–Trinajstić information content (AvgIpc) is 2.97. The van der Waals surface area contributed by atoms with Gasteiger partial charge in [-0.25, -0.2) is 13.1 Å². The molecule has 1 saturated carbocycles. The van der Waals surface area contributed by atoms with Crippen molar-refractivity contribution < 1.29 is 17.9 Å². The number of carbonyl (C=O) groups is 1. The Kier molecular flexibility index (Phi) is 6.11. The number of benzene rings is 1. The third-order valence-corrected chi connectivity index (χ3v) is 5.66. The Hall–Kier alpha value is -1.60. The number of ether oxygens (including phenoxy) is 1. The van der Waals surface area contributed by atoms with Crippen molar-refractivity contribution in [2.75, 3.05) is 19.9 Å². The van der Waals surface area contributed by atoms with E-state index in [1.54, 1.807) is 7.11 Å². The zero-order valence-electron chi connectivity index (χ0n) is 15.3. The zero-order valence-corrected chi connectivity index (χ0v) is 16.2. The van der Waals surface area contributed by atoms with Gasteiger partial charge in [-0.05, 0) is 50.3 Å². The summed E-state index contributed by atoms with van der Waals surface area (Å²) in [7, 11) is -1.63. The van der Waals surface area contributed by atoms with Crippen LogP contribution in [0.25, 0.3) is 0 Å². The second-order valence-electron chi connectivity index (χ2n) is 7.25. The lowest BCUT2D eigenvalue weighted by atomic mass is 9.83. The fourth-order valence-corrected chi connectivity index (χ4v) is 4.16. The Morgan fingerprint density at radius 1 is 1.24 bits per heavy atom. The van der Waals surface area contributed by atoms with Gasteiger partial charge >= 0.3 is 0 Å². The molecule has 1 aromatic carbocycles. The molecule has 0 aliphatic heterocycles. The summed E-state index contributed by atoms with van der Waals surface area (Å²) in [5.74, 6) is 0.814. The molecule has 7 heteroatoms. The van der Waals surface area contributed by atoms with E-state index < -0.39 is 15.4 Å². The summed E-state index contributed by atoms with van der Waals surface area (Å²) in [6, 6.07) is 7.37. The normalized spacial score (nSPS) is 21.1. The number of amides is 1. The number of rotatable bonds is 7. The first kappa shape index (κ1) is 19.7. The van der Waals surface area contributed by atoms with Crippen molar-refractivity contribution in [1.82, 2.24) is 10.0 Å². The molecule has 1 amide bonds. The summed E-state index contributed by atoms with van der Waals surface area (Å²) in [4.78, 5) is 12.7. The van der Waals surface area contributed by atoms with E-state index in [2.05, 4.69) is 10.0 Å². The van der Waals surface area contributed by atoms with Crippen LogP contribution in [-0.4, -0.2) is 40.3 Å². The van der Waals surface area contributed by atoms with E-state index in [1.165, 1.54) is 6.26 Å². The van der Waals surface area contributed by atoms with E-state index in [4.69, 9.17) is 4.74 Å². The first-order chi connectivity index (χ1) is 11.6. The van der Waals surface area contributed by atoms with E-state index in [1.807, 2.05) is 38.1 Å². The van der Waals surface area contributed by atoms with Gasteiger partial charge in [-0.3, -0.25) is 4.79 Å². The van der Waals surface area contributed by atoms with Crippen molar-refractivity contribution in [3.8, 4) is 5.75 Å². The van der Waals surface area contributed by atoms with Crippen LogP contribution in [0.1, 0.15) is 38.7 Å². The molecule has 2 atom stereocenters. The molecule has 140 valence electrons. The Bertz CT molecular complexity index is 698. The van der Waals surface area contributed by atoms with Crippen LogP contribution in [-0.2, 0) is 20.2 Å². The molecule has 0 saturated heterocycles. The second-order valence-corrected chi connectivity index (χ2v) is 9.03. The molecule has 0 radical (unpaired) electrons. The minimum Gasteiger partial charge on any atom is -0.497 e. The third kappa shape index (κ3) is 5.19. The predicted molar refractivity (Wildman–Crippen MR) is 98.1 cm³/mol. The monoisotopic (exact) mass is 368 g/mol. The third-order valence-electron chi connectivity index (χ3n) is 4.93. The van der Waals surface area contributed by atoms with Gasteiger partial charge in [0.15, 0.2) is 0 Å². The van der Waals surface area contributed by atoms with Gasteiger partial charge < -0.3 is 10.1 Å². The van der Waals surface area contributed by atoms with Crippen LogP contribution in [0, 0.1) is 5.92 Å². The zero-order chi connectivity index (χ0) is 18.7. The summed E-state index contributed by atoms with van der Waals surface area (Å²) >= 11 is 0. The van der Waals surface area contributed by atoms with Crippen molar-refractivity contribution in [1.29, 1.82) is 0 Å². The van der Waals surface area contributed by atoms with Gasteiger partial charge in [0.05, 0.1) is 18.8 Å². The number of hydrogen-bond donors (Lipinski definition) is 2. The minimum absolute atomic E-state index is 0.0670. The smallest absolute Gasteiger partial charge is 0.230 e. The molecule has 0 heterocycles. The van der Waals surface area contributed by atoms with Crippen LogP contribution >= 0.6 is 0 Å². The number of methoxy groups -OCH3 is 1. The molecule has 6 nitrogen and oxygen atoms in total. The lowest BCUT2D eigenvalue weighted by Crippen LogP contribution is -2.45. The van der Waals surface area contributed by atoms with Gasteiger partial charge in [0.25, 0.3) is 0 Å². The highest BCUT2D eigenvalue weighted by Gasteiger charge is 2.33. The van der Waals surface area contributed by atoms with E-state index in [0.29, 0.717) is 6.54 Å². The topological polar surface area (TPSA) is 84.5 Å². The number of hydrogen-bond acceptors (Lipinski definition) is 4. The molecule has 25 heavy (non-hydrogen) atoms. The highest BCUT2D eigenvalue weighted by atomic mass is 32.2. The van der Waals surface area contributed by atoms with Crippen LogP contribution in [0.15, 0.2) is 24.3 Å². The van der Waals surface area contributed by atoms with Crippen LogP contribution in [0.3, 0.4) is 0 Å². The van der Waals surface area contributed by atoms with Gasteiger partial charge in [-0.15, -0.1) is 0 Å². The average molecular weight is 368 g/mol. The molecule has 1 fully saturated rings. The van der Waals surface area contributed by atoms with Gasteiger partial charge in [0.1, 0.15) is 5.75 Å². The SMILES string of the molecule is COc1ccc(C(C)(C)C(=O)NCC2CCCC2NS(C)(=O)=O)cc1. The quantitative estimate of drug-likeness (QED) is 0.769. The second kappa shape index (κ2) is 7.74. The predicted octanol–water partition coefficient (Wildman–Crippen LogP) is 1.81. The number of carbonyl (C=O) groups excluding carboxylic acids is 1. The van der Waals surface area contributed by atoms with Gasteiger partial charge in [-0.2, -0.15) is 0 Å². The molecule has 0 spiro atoms. The highest BCUT2D eigenvalue weighted by Crippen LogP contribution is 2.28. The maximum atomic E-state index is 12.7. The van der Waals surface area contributed by atoms with Crippen LogP contribution in [0.2, 0.25) is 0 Å². The minimum atomic E-state index is -3.23. The molecule has 2 N–H and O–H groups in total. The van der Waals surface area contributed by atoms with E-state index >= 15 is 0 Å². The summed E-state index contributed by atoms with van der Waals surface area (Å²) in [6.45, 7) is 4.24. The van der Waals surface area contributed by atoms with Crippen LogP contribution in [0.4, 0.5) is 0 Å². The van der Waals surface area contributed by atoms with Crippen molar-refractivity contribution in [2.24, 2.45) is 5.92 Å². The summed E-state index contributed by atoms with van der Waals surface area (Å²) < 4.78 is 30.8. The van der Waals surface area contributed by atoms with Crippen molar-refractivity contribution in [3.05, 3.63) is 29.8 Å². The number of nitrogens with one attached hydrogen (secondary N) is 2. The lowest BCUT2D eigenvalue weighted by Gasteiger charge is -2.27. The van der Waals surface area contributed by atoms with Crippen LogP contribution in [0.5, 0.6) is 5.75 Å². The highest BCUT2D eigenvalue weighted by molar-refractivity contribution is 7.88. The molecule has 1 aliphatic carbocycles. The molecule has 2 rings (SSSR count). The van der Waals surface area contributed by atoms with Crippen molar-refractivity contribution in [2.45, 2.75) is 44.6 Å². The van der Waals surface area contributed by atoms with Gasteiger partial charge in [0.2, 0.25) is 15.9 Å². The Morgan fingerprint density at radius 3 is 2.44 bits per heavy atom. The lowest BCUT2D eigenvalue weighted by molar-refractivity contribution is -0.125. The first-order valence-electron chi connectivity index (χ1n) is 8.53. The van der Waals surface area contributed by atoms with Crippen molar-refractivity contribution >= 4 is 15.9 Å². The van der Waals surface area contributed by atoms with Crippen molar-refractivity contribution in [3.63, 3.8) is 0 Å². The summed E-state index contributed by atoms with van der Waals surface area (Å²) in [5.41, 5.74) is 0.230. The molecule has 1 aromatic rings. The molecular formula is C18H28N2O4S. The maximum absolute atomic E-state index is 12.7. The molecular weight excluding hydrogens is 340 g/mol.